The Labute approximate surface area is 340 Å². The number of ether oxygens (including phenoxy) is 2. The number of carboxylic acid groups (broad SMARTS) is 2. The fraction of sp³-hybridized carbons (Fsp3) is 0.378. The van der Waals surface area contributed by atoms with Gasteiger partial charge in [-0.1, -0.05) is 35.9 Å². The van der Waals surface area contributed by atoms with Gasteiger partial charge in [-0.25, -0.2) is 9.67 Å². The van der Waals surface area contributed by atoms with Crippen LogP contribution in [0.1, 0.15) is 55.2 Å². The molecule has 2 aromatic heterocycles. The van der Waals surface area contributed by atoms with Crippen LogP contribution in [0.3, 0.4) is 0 Å². The van der Waals surface area contributed by atoms with Crippen LogP contribution in [0.25, 0.3) is 50.3 Å². The molecule has 4 fully saturated rings. The largest absolute Gasteiger partial charge is 0.496 e. The summed E-state index contributed by atoms with van der Waals surface area (Å²) in [5.41, 5.74) is 8.04. The van der Waals surface area contributed by atoms with Crippen molar-refractivity contribution in [2.45, 2.75) is 64.1 Å². The number of likely N-dealkylation sites (tertiary alicyclic amines) is 1. The van der Waals surface area contributed by atoms with Crippen molar-refractivity contribution in [2.75, 3.05) is 34.4 Å². The van der Waals surface area contributed by atoms with E-state index >= 15 is 0 Å². The predicted molar refractivity (Wildman–Crippen MR) is 221 cm³/mol. The van der Waals surface area contributed by atoms with Gasteiger partial charge in [0, 0.05) is 54.8 Å². The van der Waals surface area contributed by atoms with Crippen LogP contribution in [0.4, 0.5) is 0 Å². The van der Waals surface area contributed by atoms with E-state index in [9.17, 15) is 19.8 Å². The lowest BCUT2D eigenvalue weighted by atomic mass is 9.57. The molecule has 3 saturated carbocycles. The van der Waals surface area contributed by atoms with Gasteiger partial charge in [-0.15, -0.1) is 0 Å². The zero-order valence-electron chi connectivity index (χ0n) is 33.0. The summed E-state index contributed by atoms with van der Waals surface area (Å²) in [5, 5.41) is 25.5. The summed E-state index contributed by atoms with van der Waals surface area (Å²) in [6, 6.07) is 20.1. The lowest BCUT2D eigenvalue weighted by Gasteiger charge is -2.55. The van der Waals surface area contributed by atoms with Crippen molar-refractivity contribution in [1.29, 1.82) is 0 Å². The van der Waals surface area contributed by atoms with Gasteiger partial charge in [0.1, 0.15) is 17.0 Å². The number of aromatic nitrogens is 3. The third-order valence-electron chi connectivity index (χ3n) is 13.4. The second-order valence-corrected chi connectivity index (χ2v) is 16.8. The number of oxazole rings is 1. The number of fused-ring (bicyclic) bond motifs is 5. The zero-order valence-corrected chi connectivity index (χ0v) is 33.8. The van der Waals surface area contributed by atoms with E-state index in [2.05, 4.69) is 42.0 Å². The Hall–Kier alpha value is -5.43. The van der Waals surface area contributed by atoms with E-state index in [1.54, 1.807) is 14.2 Å². The normalized spacial score (nSPS) is 20.9. The molecule has 0 unspecified atom stereocenters. The molecule has 58 heavy (non-hydrogen) atoms. The molecule has 0 spiro atoms. The Bertz CT molecular complexity index is 2560. The van der Waals surface area contributed by atoms with Crippen LogP contribution in [-0.4, -0.2) is 86.6 Å². The summed E-state index contributed by atoms with van der Waals surface area (Å²) in [7, 11) is 5.48. The van der Waals surface area contributed by atoms with Crippen molar-refractivity contribution in [3.8, 4) is 39.8 Å². The zero-order chi connectivity index (χ0) is 40.5. The molecule has 13 heteroatoms. The highest BCUT2D eigenvalue weighted by Crippen LogP contribution is 2.55. The maximum Gasteiger partial charge on any atom is 0.309 e. The molecule has 1 saturated heterocycles. The van der Waals surface area contributed by atoms with Crippen molar-refractivity contribution < 1.29 is 33.7 Å². The third kappa shape index (κ3) is 6.29. The highest BCUT2D eigenvalue weighted by atomic mass is 35.5. The second-order valence-electron chi connectivity index (χ2n) is 16.4. The number of hydrogen-bond donors (Lipinski definition) is 2. The van der Waals surface area contributed by atoms with Crippen molar-refractivity contribution >= 4 is 45.5 Å². The van der Waals surface area contributed by atoms with Crippen LogP contribution in [0, 0.1) is 18.3 Å². The Balaban J connectivity index is 1.00. The molecule has 3 heterocycles. The van der Waals surface area contributed by atoms with E-state index in [0.717, 1.165) is 69.2 Å². The highest BCUT2D eigenvalue weighted by Gasteiger charge is 2.54. The summed E-state index contributed by atoms with van der Waals surface area (Å²) >= 11 is 6.71. The number of carboxylic acids is 2. The van der Waals surface area contributed by atoms with Gasteiger partial charge < -0.3 is 24.1 Å². The average Bonchev–Trinajstić information content (AvgIpc) is 3.85. The fourth-order valence-corrected chi connectivity index (χ4v) is 10.0. The number of rotatable bonds is 12. The molecule has 12 nitrogen and oxygen atoms in total. The number of halogens is 1. The molecule has 6 aromatic rings. The van der Waals surface area contributed by atoms with E-state index in [1.165, 1.54) is 0 Å². The van der Waals surface area contributed by atoms with Gasteiger partial charge in [-0.3, -0.25) is 19.4 Å². The molecule has 0 atom stereocenters. The summed E-state index contributed by atoms with van der Waals surface area (Å²) in [6.07, 6.45) is 6.62. The maximum atomic E-state index is 12.1. The molecular formula is C45H46ClN5O7. The Kier molecular flexibility index (Phi) is 9.49. The van der Waals surface area contributed by atoms with Gasteiger partial charge in [-0.2, -0.15) is 5.10 Å². The first-order chi connectivity index (χ1) is 27.9. The fourth-order valence-electron chi connectivity index (χ4n) is 9.73. The minimum atomic E-state index is -0.762. The van der Waals surface area contributed by atoms with E-state index in [-0.39, 0.29) is 11.5 Å². The lowest BCUT2D eigenvalue weighted by molar-refractivity contribution is -0.160. The number of nitrogens with zero attached hydrogens (tertiary/aromatic N) is 5. The summed E-state index contributed by atoms with van der Waals surface area (Å²) in [6.45, 7) is 4.29. The maximum absolute atomic E-state index is 12.1. The van der Waals surface area contributed by atoms with Crippen LogP contribution in [0.2, 0.25) is 5.02 Å². The van der Waals surface area contributed by atoms with E-state index in [0.29, 0.717) is 79.0 Å². The highest BCUT2D eigenvalue weighted by molar-refractivity contribution is 6.34. The van der Waals surface area contributed by atoms with Crippen LogP contribution in [0.5, 0.6) is 11.5 Å². The minimum Gasteiger partial charge on any atom is -0.496 e. The standard InChI is InChI=1S/C45H46ClN5O7/c1-26-30(7-5-8-31(26)41-48-36-18-27(17-35(46)40(36)58-41)22-50-23-28(24-50)42(52)53)32-9-6-10-37-33(32)21-47-51(37)29-19-38(56-3)34(39(20-29)57-4)25-49(2)45-14-11-44(12-15-45,13-16-45)43(54)55/h5-10,17-21,28H,11-16,22-25H2,1-4H3,(H,52,53)(H,54,55). The molecule has 10 rings (SSSR count). The SMILES string of the molecule is COc1cc(-n2ncc3c(-c4cccc(-c5nc6cc(CN7CC(C(=O)O)C7)cc(Cl)c6o5)c4C)cccc32)cc(OC)c1CN(C)C12CCC(C(=O)O)(CC1)CC2. The van der Waals surface area contributed by atoms with Crippen molar-refractivity contribution in [1.82, 2.24) is 24.6 Å². The van der Waals surface area contributed by atoms with Crippen molar-refractivity contribution in [3.05, 3.63) is 88.6 Å². The van der Waals surface area contributed by atoms with Gasteiger partial charge >= 0.3 is 11.9 Å². The second kappa shape index (κ2) is 14.4. The summed E-state index contributed by atoms with van der Waals surface area (Å²) in [4.78, 5) is 32.7. The molecule has 2 N–H and O–H groups in total. The lowest BCUT2D eigenvalue weighted by Crippen LogP contribution is -2.56. The van der Waals surface area contributed by atoms with E-state index in [1.807, 2.05) is 53.3 Å². The Morgan fingerprint density at radius 2 is 1.59 bits per heavy atom. The smallest absolute Gasteiger partial charge is 0.309 e. The topological polar surface area (TPSA) is 143 Å². The predicted octanol–water partition coefficient (Wildman–Crippen LogP) is 8.61. The molecular weight excluding hydrogens is 758 g/mol. The number of methoxy groups -OCH3 is 2. The molecule has 1 aliphatic heterocycles. The monoisotopic (exact) mass is 803 g/mol. The van der Waals surface area contributed by atoms with Gasteiger partial charge in [0.25, 0.3) is 0 Å². The first-order valence-electron chi connectivity index (χ1n) is 19.7. The molecule has 300 valence electrons. The van der Waals surface area contributed by atoms with Gasteiger partial charge in [0.15, 0.2) is 5.58 Å². The van der Waals surface area contributed by atoms with Crippen molar-refractivity contribution in [2.24, 2.45) is 11.3 Å². The quantitative estimate of drug-likeness (QED) is 0.123. The minimum absolute atomic E-state index is 0.0445. The molecule has 2 bridgehead atoms. The molecule has 0 amide bonds. The number of aliphatic carboxylic acids is 2. The van der Waals surface area contributed by atoms with Crippen LogP contribution in [-0.2, 0) is 22.7 Å². The van der Waals surface area contributed by atoms with Gasteiger partial charge in [0.05, 0.1) is 53.5 Å². The molecule has 4 aromatic carbocycles. The first kappa shape index (κ1) is 38.1. The van der Waals surface area contributed by atoms with Gasteiger partial charge in [-0.05, 0) is 99.0 Å². The van der Waals surface area contributed by atoms with Crippen LogP contribution < -0.4 is 9.47 Å². The molecule has 3 aliphatic carbocycles. The Morgan fingerprint density at radius 1 is 0.931 bits per heavy atom. The third-order valence-corrected chi connectivity index (χ3v) is 13.7. The van der Waals surface area contributed by atoms with Crippen LogP contribution >= 0.6 is 11.6 Å². The number of hydrogen-bond acceptors (Lipinski definition) is 9. The average molecular weight is 804 g/mol. The molecule has 4 aliphatic rings. The summed E-state index contributed by atoms with van der Waals surface area (Å²) in [5.74, 6) is 0.127. The van der Waals surface area contributed by atoms with Crippen molar-refractivity contribution in [3.63, 3.8) is 0 Å². The van der Waals surface area contributed by atoms with Gasteiger partial charge in [0.2, 0.25) is 5.89 Å². The van der Waals surface area contributed by atoms with E-state index in [4.69, 9.17) is 35.6 Å². The molecule has 0 radical (unpaired) electrons. The van der Waals surface area contributed by atoms with E-state index < -0.39 is 17.4 Å². The number of benzene rings is 4. The van der Waals surface area contributed by atoms with Crippen LogP contribution in [0.15, 0.2) is 71.3 Å². The summed E-state index contributed by atoms with van der Waals surface area (Å²) < 4.78 is 20.2. The number of carbonyl (C=O) groups is 2. The Morgan fingerprint density at radius 3 is 2.24 bits per heavy atom. The first-order valence-corrected chi connectivity index (χ1v) is 20.1.